The van der Waals surface area contributed by atoms with Gasteiger partial charge < -0.3 is 10.2 Å². The van der Waals surface area contributed by atoms with E-state index >= 15 is 0 Å². The lowest BCUT2D eigenvalue weighted by Crippen LogP contribution is -2.50. The lowest BCUT2D eigenvalue weighted by Gasteiger charge is -2.41. The Bertz CT molecular complexity index is 483. The Balaban J connectivity index is 2.60. The molecule has 0 aromatic heterocycles. The van der Waals surface area contributed by atoms with Crippen molar-refractivity contribution in [2.24, 2.45) is 0 Å². The number of amides is 1. The molecule has 0 atom stereocenters. The van der Waals surface area contributed by atoms with Crippen LogP contribution in [0.2, 0.25) is 5.02 Å². The number of hydrogen-bond acceptors (Lipinski definition) is 2. The summed E-state index contributed by atoms with van der Waals surface area (Å²) >= 11 is 6.25. The molecule has 3 nitrogen and oxygen atoms in total. The Hall–Kier alpha value is -1.22. The van der Waals surface area contributed by atoms with E-state index in [0.29, 0.717) is 11.6 Å². The minimum Gasteiger partial charge on any atom is -0.377 e. The molecule has 17 heavy (non-hydrogen) atoms. The first kappa shape index (κ1) is 12.2. The Morgan fingerprint density at radius 1 is 1.47 bits per heavy atom. The summed E-state index contributed by atoms with van der Waals surface area (Å²) < 4.78 is 0. The van der Waals surface area contributed by atoms with Crippen LogP contribution in [-0.2, 0) is 4.79 Å². The molecule has 0 unspecified atom stereocenters. The van der Waals surface area contributed by atoms with Gasteiger partial charge in [-0.3, -0.25) is 4.79 Å². The molecule has 0 bridgehead atoms. The summed E-state index contributed by atoms with van der Waals surface area (Å²) in [6.45, 7) is 8.33. The molecule has 1 heterocycles. The van der Waals surface area contributed by atoms with Crippen LogP contribution in [-0.4, -0.2) is 18.0 Å². The fourth-order valence-electron chi connectivity index (χ4n) is 2.25. The largest absolute Gasteiger partial charge is 0.377 e. The Kier molecular flexibility index (Phi) is 2.82. The van der Waals surface area contributed by atoms with E-state index in [4.69, 9.17) is 11.6 Å². The molecule has 0 aliphatic carbocycles. The van der Waals surface area contributed by atoms with E-state index in [1.807, 2.05) is 19.1 Å². The van der Waals surface area contributed by atoms with Gasteiger partial charge in [0.15, 0.2) is 0 Å². The quantitative estimate of drug-likeness (QED) is 0.769. The molecule has 1 aliphatic heterocycles. The van der Waals surface area contributed by atoms with Gasteiger partial charge in [-0.25, -0.2) is 0 Å². The van der Waals surface area contributed by atoms with Gasteiger partial charge in [-0.05, 0) is 38.5 Å². The van der Waals surface area contributed by atoms with Gasteiger partial charge in [0, 0.05) is 19.0 Å². The SMILES string of the molecule is CC(=O)N1CC(C)(C)Nc2cc(C)cc(Cl)c21. The van der Waals surface area contributed by atoms with Crippen molar-refractivity contribution in [1.29, 1.82) is 0 Å². The highest BCUT2D eigenvalue weighted by Crippen LogP contribution is 2.40. The molecule has 0 spiro atoms. The molecule has 2 rings (SSSR count). The smallest absolute Gasteiger partial charge is 0.224 e. The molecule has 0 saturated heterocycles. The molecule has 1 aromatic rings. The summed E-state index contributed by atoms with van der Waals surface area (Å²) in [7, 11) is 0. The van der Waals surface area contributed by atoms with Crippen molar-refractivity contribution in [2.45, 2.75) is 33.2 Å². The monoisotopic (exact) mass is 252 g/mol. The van der Waals surface area contributed by atoms with Crippen molar-refractivity contribution in [3.63, 3.8) is 0 Å². The maximum atomic E-state index is 11.7. The first-order chi connectivity index (χ1) is 7.80. The molecule has 92 valence electrons. The van der Waals surface area contributed by atoms with Crippen molar-refractivity contribution in [3.05, 3.63) is 22.7 Å². The average molecular weight is 253 g/mol. The minimum atomic E-state index is -0.143. The second kappa shape index (κ2) is 3.91. The summed E-state index contributed by atoms with van der Waals surface area (Å²) in [5, 5.41) is 4.05. The van der Waals surface area contributed by atoms with E-state index in [9.17, 15) is 4.79 Å². The molecular weight excluding hydrogens is 236 g/mol. The molecular formula is C13H17ClN2O. The highest BCUT2D eigenvalue weighted by atomic mass is 35.5. The molecule has 0 radical (unpaired) electrons. The van der Waals surface area contributed by atoms with Gasteiger partial charge in [-0.15, -0.1) is 0 Å². The number of halogens is 1. The van der Waals surface area contributed by atoms with E-state index in [0.717, 1.165) is 16.9 Å². The molecule has 0 fully saturated rings. The van der Waals surface area contributed by atoms with E-state index in [-0.39, 0.29) is 11.4 Å². The normalized spacial score (nSPS) is 17.4. The summed E-state index contributed by atoms with van der Waals surface area (Å²) in [5.41, 5.74) is 2.67. The van der Waals surface area contributed by atoms with E-state index < -0.39 is 0 Å². The van der Waals surface area contributed by atoms with Crippen LogP contribution in [0, 0.1) is 6.92 Å². The van der Waals surface area contributed by atoms with Crippen molar-refractivity contribution in [2.75, 3.05) is 16.8 Å². The van der Waals surface area contributed by atoms with Crippen molar-refractivity contribution in [1.82, 2.24) is 0 Å². The van der Waals surface area contributed by atoms with Crippen LogP contribution < -0.4 is 10.2 Å². The van der Waals surface area contributed by atoms with Gasteiger partial charge in [0.2, 0.25) is 5.91 Å². The molecule has 1 amide bonds. The maximum Gasteiger partial charge on any atom is 0.224 e. The van der Waals surface area contributed by atoms with Gasteiger partial charge >= 0.3 is 0 Å². The maximum absolute atomic E-state index is 11.7. The van der Waals surface area contributed by atoms with Crippen molar-refractivity contribution in [3.8, 4) is 0 Å². The third kappa shape index (κ3) is 2.25. The number of fused-ring (bicyclic) bond motifs is 1. The standard InChI is InChI=1S/C13H17ClN2O/c1-8-5-10(14)12-11(6-8)15-13(3,4)7-16(12)9(2)17/h5-6,15H,7H2,1-4H3. The first-order valence-corrected chi connectivity index (χ1v) is 6.04. The fourth-order valence-corrected chi connectivity index (χ4v) is 2.63. The highest BCUT2D eigenvalue weighted by Gasteiger charge is 2.33. The molecule has 1 aliphatic rings. The lowest BCUT2D eigenvalue weighted by atomic mass is 9.98. The van der Waals surface area contributed by atoms with Gasteiger partial charge in [-0.1, -0.05) is 11.6 Å². The fraction of sp³-hybridized carbons (Fsp3) is 0.462. The second-order valence-corrected chi connectivity index (χ2v) is 5.66. The summed E-state index contributed by atoms with van der Waals surface area (Å²) in [5.74, 6) is 0.0200. The number of carbonyl (C=O) groups excluding carboxylic acids is 1. The summed E-state index contributed by atoms with van der Waals surface area (Å²) in [6, 6.07) is 3.91. The van der Waals surface area contributed by atoms with E-state index in [1.54, 1.807) is 11.8 Å². The third-order valence-electron chi connectivity index (χ3n) is 2.88. The zero-order valence-electron chi connectivity index (χ0n) is 10.6. The predicted octanol–water partition coefficient (Wildman–Crippen LogP) is 3.21. The zero-order valence-corrected chi connectivity index (χ0v) is 11.4. The van der Waals surface area contributed by atoms with E-state index in [2.05, 4.69) is 19.2 Å². The molecule has 0 saturated carbocycles. The summed E-state index contributed by atoms with van der Waals surface area (Å²) in [6.07, 6.45) is 0. The van der Waals surface area contributed by atoms with Crippen LogP contribution in [0.15, 0.2) is 12.1 Å². The van der Waals surface area contributed by atoms with Gasteiger partial charge in [-0.2, -0.15) is 0 Å². The third-order valence-corrected chi connectivity index (χ3v) is 3.17. The van der Waals surface area contributed by atoms with E-state index in [1.165, 1.54) is 0 Å². The van der Waals surface area contributed by atoms with Gasteiger partial charge in [0.25, 0.3) is 0 Å². The highest BCUT2D eigenvalue weighted by molar-refractivity contribution is 6.34. The lowest BCUT2D eigenvalue weighted by molar-refractivity contribution is -0.116. The van der Waals surface area contributed by atoms with Crippen LogP contribution in [0.4, 0.5) is 11.4 Å². The molecule has 4 heteroatoms. The van der Waals surface area contributed by atoms with Crippen molar-refractivity contribution < 1.29 is 4.79 Å². The number of anilines is 2. The number of carbonyl (C=O) groups is 1. The van der Waals surface area contributed by atoms with Gasteiger partial charge in [0.05, 0.1) is 16.4 Å². The minimum absolute atomic E-state index is 0.0200. The zero-order chi connectivity index (χ0) is 12.8. The number of aryl methyl sites for hydroxylation is 1. The van der Waals surface area contributed by atoms with Crippen LogP contribution in [0.3, 0.4) is 0 Å². The predicted molar refractivity (Wildman–Crippen MR) is 71.9 cm³/mol. The van der Waals surface area contributed by atoms with Gasteiger partial charge in [0.1, 0.15) is 0 Å². The number of hydrogen-bond donors (Lipinski definition) is 1. The topological polar surface area (TPSA) is 32.3 Å². The van der Waals surface area contributed by atoms with Crippen LogP contribution >= 0.6 is 11.6 Å². The second-order valence-electron chi connectivity index (χ2n) is 5.26. The number of nitrogens with one attached hydrogen (secondary N) is 1. The van der Waals surface area contributed by atoms with Crippen LogP contribution in [0.1, 0.15) is 26.3 Å². The number of benzene rings is 1. The number of nitrogens with zero attached hydrogens (tertiary/aromatic N) is 1. The van der Waals surface area contributed by atoms with Crippen LogP contribution in [0.5, 0.6) is 0 Å². The molecule has 1 N–H and O–H groups in total. The Morgan fingerprint density at radius 3 is 2.71 bits per heavy atom. The Labute approximate surface area is 107 Å². The summed E-state index contributed by atoms with van der Waals surface area (Å²) in [4.78, 5) is 13.5. The van der Waals surface area contributed by atoms with Crippen LogP contribution in [0.25, 0.3) is 0 Å². The first-order valence-electron chi connectivity index (χ1n) is 5.66. The Morgan fingerprint density at radius 2 is 2.12 bits per heavy atom. The number of rotatable bonds is 0. The average Bonchev–Trinajstić information content (AvgIpc) is 2.12. The molecule has 1 aromatic carbocycles. The van der Waals surface area contributed by atoms with Crippen molar-refractivity contribution >= 4 is 28.9 Å².